The maximum atomic E-state index is 12.5. The molecule has 2 aromatic carbocycles. The number of nitro benzene ring substituents is 1. The molecule has 0 fully saturated rings. The molecule has 2 aliphatic heterocycles. The molecule has 1 unspecified atom stereocenters. The monoisotopic (exact) mass is 377 g/mol. The molecular formula is C20H15N3O5. The lowest BCUT2D eigenvalue weighted by molar-refractivity contribution is -0.383. The van der Waals surface area contributed by atoms with Gasteiger partial charge in [-0.05, 0) is 12.1 Å². The summed E-state index contributed by atoms with van der Waals surface area (Å²) in [6.45, 7) is 0. The fraction of sp³-hybridized carbons (Fsp3) is 0.150. The predicted octanol–water partition coefficient (Wildman–Crippen LogP) is 3.12. The van der Waals surface area contributed by atoms with Gasteiger partial charge in [0, 0.05) is 29.6 Å². The molecule has 1 aliphatic carbocycles. The number of carbonyl (C=O) groups excluding carboxylic acids is 1. The zero-order valence-corrected chi connectivity index (χ0v) is 14.7. The van der Waals surface area contributed by atoms with Gasteiger partial charge in [-0.2, -0.15) is 0 Å². The highest BCUT2D eigenvalue weighted by Crippen LogP contribution is 2.53. The third kappa shape index (κ3) is 1.86. The van der Waals surface area contributed by atoms with Crippen molar-refractivity contribution in [2.75, 3.05) is 7.05 Å². The Morgan fingerprint density at radius 2 is 1.68 bits per heavy atom. The van der Waals surface area contributed by atoms with Crippen LogP contribution in [0.2, 0.25) is 0 Å². The van der Waals surface area contributed by atoms with Gasteiger partial charge in [-0.1, -0.05) is 30.4 Å². The van der Waals surface area contributed by atoms with Gasteiger partial charge in [0.05, 0.1) is 28.0 Å². The second-order valence-electron chi connectivity index (χ2n) is 6.97. The lowest BCUT2D eigenvalue weighted by atomic mass is 9.81. The SMILES string of the molecule is CN1C(=O)C2C=C[C@@H]1c1c2c(O)n(-c2ccc([N+](=O)[O-])c3ccccc23)c1O. The minimum atomic E-state index is -0.665. The smallest absolute Gasteiger partial charge is 0.277 e. The molecule has 0 saturated carbocycles. The first-order valence-corrected chi connectivity index (χ1v) is 8.69. The van der Waals surface area contributed by atoms with Gasteiger partial charge in [-0.3, -0.25) is 19.5 Å². The van der Waals surface area contributed by atoms with Crippen molar-refractivity contribution in [2.45, 2.75) is 12.0 Å². The van der Waals surface area contributed by atoms with Crippen LogP contribution in [0.4, 0.5) is 5.69 Å². The van der Waals surface area contributed by atoms with Crippen LogP contribution in [0.5, 0.6) is 11.8 Å². The Morgan fingerprint density at radius 1 is 1.00 bits per heavy atom. The summed E-state index contributed by atoms with van der Waals surface area (Å²) < 4.78 is 1.26. The van der Waals surface area contributed by atoms with E-state index in [1.54, 1.807) is 37.4 Å². The van der Waals surface area contributed by atoms with Crippen LogP contribution >= 0.6 is 0 Å². The first kappa shape index (κ1) is 16.4. The van der Waals surface area contributed by atoms with Crippen molar-refractivity contribution in [3.63, 3.8) is 0 Å². The van der Waals surface area contributed by atoms with Gasteiger partial charge in [-0.15, -0.1) is 0 Å². The Hall–Kier alpha value is -3.81. The summed E-state index contributed by atoms with van der Waals surface area (Å²) in [5, 5.41) is 34.2. The third-order valence-electron chi connectivity index (χ3n) is 5.63. The van der Waals surface area contributed by atoms with Gasteiger partial charge in [0.25, 0.3) is 5.69 Å². The average Bonchev–Trinajstić information content (AvgIpc) is 2.96. The number of hydrogen-bond donors (Lipinski definition) is 2. The summed E-state index contributed by atoms with van der Waals surface area (Å²) in [5.41, 5.74) is 1.21. The number of non-ortho nitro benzene ring substituents is 1. The van der Waals surface area contributed by atoms with E-state index in [4.69, 9.17) is 0 Å². The van der Waals surface area contributed by atoms with Crippen LogP contribution in [0.15, 0.2) is 48.6 Å². The number of hydrogen-bond acceptors (Lipinski definition) is 5. The lowest BCUT2D eigenvalue weighted by Gasteiger charge is -2.38. The minimum absolute atomic E-state index is 0.0631. The standard InChI is InChI=1S/C20H15N3O5/c1-21-15-7-6-12(18(21)24)16-17(15)20(26)22(19(16)25)13-8-9-14(23(27)28)11-5-3-2-4-10(11)13/h2-9,12,15,25-26H,1H3/t12?,15-/m1/s1. The van der Waals surface area contributed by atoms with Crippen molar-refractivity contribution < 1.29 is 19.9 Å². The second-order valence-corrected chi connectivity index (χ2v) is 6.97. The van der Waals surface area contributed by atoms with E-state index in [1.807, 2.05) is 6.08 Å². The molecule has 3 aliphatic rings. The molecule has 3 heterocycles. The number of aromatic nitrogens is 1. The van der Waals surface area contributed by atoms with E-state index in [0.717, 1.165) is 0 Å². The van der Waals surface area contributed by atoms with Crippen LogP contribution in [0.25, 0.3) is 16.5 Å². The van der Waals surface area contributed by atoms with Crippen LogP contribution in [0.3, 0.4) is 0 Å². The Labute approximate surface area is 158 Å². The van der Waals surface area contributed by atoms with Crippen molar-refractivity contribution in [1.29, 1.82) is 0 Å². The molecule has 8 heteroatoms. The predicted molar refractivity (Wildman–Crippen MR) is 101 cm³/mol. The largest absolute Gasteiger partial charge is 0.494 e. The lowest BCUT2D eigenvalue weighted by Crippen LogP contribution is -2.41. The average molecular weight is 377 g/mol. The third-order valence-corrected chi connectivity index (χ3v) is 5.63. The maximum absolute atomic E-state index is 12.5. The summed E-state index contributed by atoms with van der Waals surface area (Å²) in [4.78, 5) is 24.9. The van der Waals surface area contributed by atoms with Gasteiger partial charge in [-0.25, -0.2) is 0 Å². The van der Waals surface area contributed by atoms with Gasteiger partial charge in [0.1, 0.15) is 0 Å². The van der Waals surface area contributed by atoms with Crippen molar-refractivity contribution in [2.24, 2.45) is 0 Å². The Morgan fingerprint density at radius 3 is 2.39 bits per heavy atom. The molecule has 8 nitrogen and oxygen atoms in total. The van der Waals surface area contributed by atoms with Crippen LogP contribution in [-0.2, 0) is 4.79 Å². The van der Waals surface area contributed by atoms with Crippen LogP contribution in [-0.4, -0.2) is 37.6 Å². The summed E-state index contributed by atoms with van der Waals surface area (Å²) in [7, 11) is 1.65. The molecule has 1 amide bonds. The van der Waals surface area contributed by atoms with Crippen molar-refractivity contribution in [3.8, 4) is 17.4 Å². The molecule has 0 saturated heterocycles. The van der Waals surface area contributed by atoms with E-state index in [-0.39, 0.29) is 23.4 Å². The first-order chi connectivity index (χ1) is 13.4. The number of rotatable bonds is 2. The number of benzene rings is 2. The number of carbonyl (C=O) groups is 1. The molecule has 0 radical (unpaired) electrons. The molecule has 28 heavy (non-hydrogen) atoms. The van der Waals surface area contributed by atoms with Crippen molar-refractivity contribution >= 4 is 22.4 Å². The highest BCUT2D eigenvalue weighted by molar-refractivity contribution is 5.98. The van der Waals surface area contributed by atoms with E-state index in [1.165, 1.54) is 21.6 Å². The van der Waals surface area contributed by atoms with Crippen LogP contribution < -0.4 is 0 Å². The molecular weight excluding hydrogens is 362 g/mol. The van der Waals surface area contributed by atoms with Gasteiger partial charge >= 0.3 is 0 Å². The number of aromatic hydroxyl groups is 2. The molecule has 6 rings (SSSR count). The minimum Gasteiger partial charge on any atom is -0.494 e. The molecule has 1 aromatic heterocycles. The topological polar surface area (TPSA) is 109 Å². The van der Waals surface area contributed by atoms with Gasteiger partial charge in [0.15, 0.2) is 0 Å². The number of nitro groups is 1. The number of amides is 1. The van der Waals surface area contributed by atoms with E-state index < -0.39 is 16.9 Å². The quantitative estimate of drug-likeness (QED) is 0.405. The highest BCUT2D eigenvalue weighted by atomic mass is 16.6. The maximum Gasteiger partial charge on any atom is 0.277 e. The van der Waals surface area contributed by atoms with E-state index in [2.05, 4.69) is 0 Å². The molecule has 140 valence electrons. The van der Waals surface area contributed by atoms with Crippen molar-refractivity contribution in [1.82, 2.24) is 9.47 Å². The zero-order valence-electron chi connectivity index (χ0n) is 14.7. The fourth-order valence-electron chi connectivity index (χ4n) is 4.32. The first-order valence-electron chi connectivity index (χ1n) is 8.69. The van der Waals surface area contributed by atoms with Crippen LogP contribution in [0.1, 0.15) is 23.1 Å². The van der Waals surface area contributed by atoms with Crippen molar-refractivity contribution in [3.05, 3.63) is 69.8 Å². The number of likely N-dealkylation sites (N-methyl/N-ethyl adjacent to an activating group) is 1. The van der Waals surface area contributed by atoms with E-state index in [9.17, 15) is 25.1 Å². The summed E-state index contributed by atoms with van der Waals surface area (Å²) in [5.74, 6) is -1.22. The molecule has 3 aromatic rings. The van der Waals surface area contributed by atoms with E-state index >= 15 is 0 Å². The fourth-order valence-corrected chi connectivity index (χ4v) is 4.32. The number of fused-ring (bicyclic) bond motifs is 2. The normalized spacial score (nSPS) is 20.0. The Balaban J connectivity index is 1.83. The van der Waals surface area contributed by atoms with Gasteiger partial charge in [0.2, 0.25) is 17.7 Å². The van der Waals surface area contributed by atoms with Gasteiger partial charge < -0.3 is 15.1 Å². The molecule has 0 spiro atoms. The molecule has 2 N–H and O–H groups in total. The number of nitrogens with zero attached hydrogens (tertiary/aromatic N) is 3. The Kier molecular flexibility index (Phi) is 3.13. The summed E-state index contributed by atoms with van der Waals surface area (Å²) >= 11 is 0. The summed E-state index contributed by atoms with van der Waals surface area (Å²) in [6.07, 6.45) is 3.55. The van der Waals surface area contributed by atoms with Crippen LogP contribution in [0, 0.1) is 10.1 Å². The molecule has 2 bridgehead atoms. The zero-order chi connectivity index (χ0) is 19.7. The highest BCUT2D eigenvalue weighted by Gasteiger charge is 2.45. The second kappa shape index (κ2) is 5.35. The van der Waals surface area contributed by atoms with E-state index in [0.29, 0.717) is 27.6 Å². The molecule has 2 atom stereocenters. The summed E-state index contributed by atoms with van der Waals surface area (Å²) in [6, 6.07) is 9.11. The Bertz CT molecular complexity index is 1230.